The van der Waals surface area contributed by atoms with Gasteiger partial charge in [-0.15, -0.1) is 0 Å². The molecule has 1 aliphatic heterocycles. The van der Waals surface area contributed by atoms with E-state index < -0.39 is 0 Å². The maximum absolute atomic E-state index is 10.4. The van der Waals surface area contributed by atoms with Crippen molar-refractivity contribution in [3.05, 3.63) is 24.0 Å². The van der Waals surface area contributed by atoms with Crippen molar-refractivity contribution in [3.8, 4) is 0 Å². The maximum Gasteiger partial charge on any atom is 0.149 e. The van der Waals surface area contributed by atoms with E-state index in [0.717, 1.165) is 12.7 Å². The first-order valence-corrected chi connectivity index (χ1v) is 4.20. The predicted molar refractivity (Wildman–Crippen MR) is 47.7 cm³/mol. The fourth-order valence-corrected chi connectivity index (χ4v) is 1.02. The van der Waals surface area contributed by atoms with E-state index in [0.29, 0.717) is 12.0 Å². The summed E-state index contributed by atoms with van der Waals surface area (Å²) in [6.07, 6.45) is 7.99. The van der Waals surface area contributed by atoms with Gasteiger partial charge >= 0.3 is 0 Å². The molecular weight excluding hydrogens is 152 g/mol. The molecule has 12 heavy (non-hydrogen) atoms. The van der Waals surface area contributed by atoms with Gasteiger partial charge in [0.05, 0.1) is 6.26 Å². The lowest BCUT2D eigenvalue weighted by atomic mass is 10.0. The Labute approximate surface area is 72.9 Å². The number of hydrogen-bond donors (Lipinski definition) is 0. The summed E-state index contributed by atoms with van der Waals surface area (Å²) in [5, 5.41) is 0. The summed E-state index contributed by atoms with van der Waals surface area (Å²) < 4.78 is 5.46. The topological polar surface area (TPSA) is 26.3 Å². The van der Waals surface area contributed by atoms with Crippen LogP contribution in [-0.2, 0) is 9.53 Å². The Morgan fingerprint density at radius 3 is 3.08 bits per heavy atom. The third-order valence-corrected chi connectivity index (χ3v) is 2.16. The summed E-state index contributed by atoms with van der Waals surface area (Å²) in [6.45, 7) is 4.07. The lowest BCUT2D eigenvalue weighted by Gasteiger charge is -2.22. The minimum atomic E-state index is -0.231. The Hall–Kier alpha value is -1.05. The molecule has 0 unspecified atom stereocenters. The molecule has 0 aromatic rings. The minimum Gasteiger partial charge on any atom is -0.491 e. The molecule has 0 aliphatic carbocycles. The highest BCUT2D eigenvalue weighted by Gasteiger charge is 2.20. The number of allylic oxidation sites excluding steroid dienone is 2. The Morgan fingerprint density at radius 2 is 2.50 bits per heavy atom. The molecule has 0 aromatic heterocycles. The fraction of sp³-hybridized carbons (Fsp3) is 0.500. The predicted octanol–water partition coefficient (Wildman–Crippen LogP) is 2.21. The SMILES string of the molecule is CC[C@@]1(C)C=CCC(C=O)=CO1. The second kappa shape index (κ2) is 3.57. The Morgan fingerprint density at radius 1 is 1.75 bits per heavy atom. The molecule has 0 N–H and O–H groups in total. The number of carbonyl (C=O) groups excluding carboxylic acids is 1. The van der Waals surface area contributed by atoms with Crippen molar-refractivity contribution in [1.82, 2.24) is 0 Å². The lowest BCUT2D eigenvalue weighted by Crippen LogP contribution is -2.21. The first-order valence-electron chi connectivity index (χ1n) is 4.20. The monoisotopic (exact) mass is 166 g/mol. The molecule has 0 aromatic carbocycles. The Bertz CT molecular complexity index is 228. The van der Waals surface area contributed by atoms with Crippen LogP contribution in [0.4, 0.5) is 0 Å². The minimum absolute atomic E-state index is 0.231. The average Bonchev–Trinajstić information content (AvgIpc) is 2.28. The highest BCUT2D eigenvalue weighted by atomic mass is 16.5. The van der Waals surface area contributed by atoms with Crippen molar-refractivity contribution in [2.45, 2.75) is 32.3 Å². The summed E-state index contributed by atoms with van der Waals surface area (Å²) in [5.74, 6) is 0. The van der Waals surface area contributed by atoms with Gasteiger partial charge in [0, 0.05) is 5.57 Å². The Kier molecular flexibility index (Phi) is 2.69. The zero-order valence-electron chi connectivity index (χ0n) is 7.54. The number of aldehydes is 1. The van der Waals surface area contributed by atoms with Gasteiger partial charge in [-0.3, -0.25) is 4.79 Å². The smallest absolute Gasteiger partial charge is 0.149 e. The molecule has 2 heteroatoms. The van der Waals surface area contributed by atoms with Crippen LogP contribution in [0.2, 0.25) is 0 Å². The van der Waals surface area contributed by atoms with Gasteiger partial charge in [-0.2, -0.15) is 0 Å². The van der Waals surface area contributed by atoms with Crippen LogP contribution in [0, 0.1) is 0 Å². The van der Waals surface area contributed by atoms with E-state index >= 15 is 0 Å². The van der Waals surface area contributed by atoms with Crippen molar-refractivity contribution < 1.29 is 9.53 Å². The van der Waals surface area contributed by atoms with Gasteiger partial charge in [0.2, 0.25) is 0 Å². The summed E-state index contributed by atoms with van der Waals surface area (Å²) in [4.78, 5) is 10.4. The molecule has 1 rings (SSSR count). The van der Waals surface area contributed by atoms with Crippen LogP contribution < -0.4 is 0 Å². The molecule has 1 aliphatic rings. The molecule has 0 amide bonds. The first kappa shape index (κ1) is 9.04. The molecule has 2 nitrogen and oxygen atoms in total. The van der Waals surface area contributed by atoms with Crippen molar-refractivity contribution in [2.24, 2.45) is 0 Å². The van der Waals surface area contributed by atoms with Crippen LogP contribution in [0.5, 0.6) is 0 Å². The zero-order valence-corrected chi connectivity index (χ0v) is 7.54. The third-order valence-electron chi connectivity index (χ3n) is 2.16. The molecule has 0 spiro atoms. The second-order valence-electron chi connectivity index (χ2n) is 3.20. The molecule has 1 heterocycles. The standard InChI is InChI=1S/C10H14O2/c1-3-10(2)6-4-5-9(7-11)8-12-10/h4,6-8H,3,5H2,1-2H3/t10-/m0/s1. The van der Waals surface area contributed by atoms with Crippen LogP contribution in [-0.4, -0.2) is 11.9 Å². The molecule has 0 bridgehead atoms. The summed E-state index contributed by atoms with van der Waals surface area (Å²) in [5.41, 5.74) is 0.466. The van der Waals surface area contributed by atoms with Gasteiger partial charge in [-0.05, 0) is 25.8 Å². The largest absolute Gasteiger partial charge is 0.491 e. The van der Waals surface area contributed by atoms with E-state index in [2.05, 4.69) is 6.92 Å². The molecular formula is C10H14O2. The molecule has 0 fully saturated rings. The van der Waals surface area contributed by atoms with Crippen LogP contribution in [0.15, 0.2) is 24.0 Å². The summed E-state index contributed by atoms with van der Waals surface area (Å²) >= 11 is 0. The van der Waals surface area contributed by atoms with Crippen molar-refractivity contribution in [1.29, 1.82) is 0 Å². The highest BCUT2D eigenvalue weighted by molar-refractivity contribution is 5.73. The molecule has 0 saturated heterocycles. The van der Waals surface area contributed by atoms with E-state index in [1.54, 1.807) is 6.26 Å². The number of ether oxygens (including phenoxy) is 1. The van der Waals surface area contributed by atoms with E-state index in [4.69, 9.17) is 4.74 Å². The van der Waals surface area contributed by atoms with E-state index in [9.17, 15) is 4.79 Å². The summed E-state index contributed by atoms with van der Waals surface area (Å²) in [7, 11) is 0. The van der Waals surface area contributed by atoms with Gasteiger partial charge in [0.25, 0.3) is 0 Å². The fourth-order valence-electron chi connectivity index (χ4n) is 1.02. The van der Waals surface area contributed by atoms with Crippen LogP contribution in [0.3, 0.4) is 0 Å². The molecule has 0 saturated carbocycles. The van der Waals surface area contributed by atoms with Gasteiger partial charge in [-0.25, -0.2) is 0 Å². The quantitative estimate of drug-likeness (QED) is 0.464. The number of hydrogen-bond acceptors (Lipinski definition) is 2. The molecule has 1 atom stereocenters. The van der Waals surface area contributed by atoms with E-state index in [1.165, 1.54) is 0 Å². The van der Waals surface area contributed by atoms with Gasteiger partial charge in [-0.1, -0.05) is 13.0 Å². The number of carbonyl (C=O) groups is 1. The lowest BCUT2D eigenvalue weighted by molar-refractivity contribution is -0.105. The van der Waals surface area contributed by atoms with E-state index in [-0.39, 0.29) is 5.60 Å². The Balaban J connectivity index is 2.77. The second-order valence-corrected chi connectivity index (χ2v) is 3.20. The third kappa shape index (κ3) is 1.97. The van der Waals surface area contributed by atoms with Crippen molar-refractivity contribution in [3.63, 3.8) is 0 Å². The maximum atomic E-state index is 10.4. The van der Waals surface area contributed by atoms with Crippen molar-refractivity contribution in [2.75, 3.05) is 0 Å². The van der Waals surface area contributed by atoms with Crippen LogP contribution in [0.25, 0.3) is 0 Å². The first-order chi connectivity index (χ1) is 5.70. The van der Waals surface area contributed by atoms with Crippen LogP contribution >= 0.6 is 0 Å². The summed E-state index contributed by atoms with van der Waals surface area (Å²) in [6, 6.07) is 0. The average molecular weight is 166 g/mol. The highest BCUT2D eigenvalue weighted by Crippen LogP contribution is 2.21. The van der Waals surface area contributed by atoms with Gasteiger partial charge in [0.1, 0.15) is 11.9 Å². The van der Waals surface area contributed by atoms with Gasteiger partial charge in [0.15, 0.2) is 0 Å². The zero-order chi connectivity index (χ0) is 9.03. The normalized spacial score (nSPS) is 28.7. The van der Waals surface area contributed by atoms with Gasteiger partial charge < -0.3 is 4.74 Å². The molecule has 0 radical (unpaired) electrons. The number of rotatable bonds is 2. The van der Waals surface area contributed by atoms with E-state index in [1.807, 2.05) is 19.1 Å². The van der Waals surface area contributed by atoms with Crippen LogP contribution in [0.1, 0.15) is 26.7 Å². The molecule has 66 valence electrons. The van der Waals surface area contributed by atoms with Crippen molar-refractivity contribution >= 4 is 6.29 Å².